The van der Waals surface area contributed by atoms with E-state index in [1.807, 2.05) is 18.4 Å². The summed E-state index contributed by atoms with van der Waals surface area (Å²) in [4.78, 5) is 39.0. The molecule has 0 unspecified atom stereocenters. The third-order valence-corrected chi connectivity index (χ3v) is 5.69. The van der Waals surface area contributed by atoms with Gasteiger partial charge in [0.15, 0.2) is 0 Å². The van der Waals surface area contributed by atoms with E-state index in [1.54, 1.807) is 36.0 Å². The monoisotopic (exact) mass is 416 g/mol. The van der Waals surface area contributed by atoms with Crippen LogP contribution < -0.4 is 5.32 Å². The van der Waals surface area contributed by atoms with Crippen LogP contribution in [0, 0.1) is 5.82 Å². The zero-order valence-electron chi connectivity index (χ0n) is 15.0. The average Bonchev–Trinajstić information content (AvgIpc) is 2.97. The van der Waals surface area contributed by atoms with Gasteiger partial charge in [0.1, 0.15) is 5.82 Å². The number of amides is 3. The third-order valence-electron chi connectivity index (χ3n) is 4.04. The van der Waals surface area contributed by atoms with Crippen molar-refractivity contribution in [2.24, 2.45) is 0 Å². The number of nitrogens with zero attached hydrogens (tertiary/aromatic N) is 1. The van der Waals surface area contributed by atoms with Gasteiger partial charge in [-0.2, -0.15) is 0 Å². The van der Waals surface area contributed by atoms with Crippen LogP contribution >= 0.6 is 23.5 Å². The van der Waals surface area contributed by atoms with Crippen molar-refractivity contribution in [1.29, 1.82) is 0 Å². The molecule has 28 heavy (non-hydrogen) atoms. The summed E-state index contributed by atoms with van der Waals surface area (Å²) in [5.74, 6) is -1.23. The molecule has 8 heteroatoms. The first-order valence-corrected chi connectivity index (χ1v) is 10.5. The number of imide groups is 1. The molecule has 1 saturated heterocycles. The Morgan fingerprint density at radius 1 is 1.18 bits per heavy atom. The fourth-order valence-electron chi connectivity index (χ4n) is 2.55. The Kier molecular flexibility index (Phi) is 6.53. The third kappa shape index (κ3) is 4.63. The summed E-state index contributed by atoms with van der Waals surface area (Å²) in [5, 5.41) is 2.26. The summed E-state index contributed by atoms with van der Waals surface area (Å²) in [6, 6.07) is 13.2. The van der Waals surface area contributed by atoms with Gasteiger partial charge in [-0.15, -0.1) is 11.8 Å². The van der Waals surface area contributed by atoms with Crippen LogP contribution in [0.2, 0.25) is 0 Å². The molecule has 0 radical (unpaired) electrons. The predicted octanol–water partition coefficient (Wildman–Crippen LogP) is 4.01. The summed E-state index contributed by atoms with van der Waals surface area (Å²) in [7, 11) is 0. The normalized spacial score (nSPS) is 15.4. The quantitative estimate of drug-likeness (QED) is 0.569. The second-order valence-electron chi connectivity index (χ2n) is 5.84. The molecular formula is C20H17FN2O3S2. The van der Waals surface area contributed by atoms with Crippen LogP contribution in [0.4, 0.5) is 9.18 Å². The van der Waals surface area contributed by atoms with Crippen molar-refractivity contribution in [2.75, 3.05) is 19.3 Å². The van der Waals surface area contributed by atoms with Gasteiger partial charge >= 0.3 is 0 Å². The molecule has 2 aromatic carbocycles. The standard InChI is InChI=1S/C20H17FN2O3S2/c1-27-15-8-6-13(7-9-15)18(24)22-10-11-23-19(25)17(28-20(23)26)12-14-4-2-3-5-16(14)21/h2-9,12H,10-11H2,1H3,(H,22,24)/b17-12-. The molecule has 0 bridgehead atoms. The number of benzene rings is 2. The highest BCUT2D eigenvalue weighted by Gasteiger charge is 2.34. The van der Waals surface area contributed by atoms with Crippen LogP contribution in [-0.4, -0.2) is 41.3 Å². The molecule has 0 aromatic heterocycles. The van der Waals surface area contributed by atoms with Crippen molar-refractivity contribution >= 4 is 46.7 Å². The van der Waals surface area contributed by atoms with Gasteiger partial charge in [0.2, 0.25) is 0 Å². The van der Waals surface area contributed by atoms with Gasteiger partial charge in [-0.3, -0.25) is 19.3 Å². The van der Waals surface area contributed by atoms with E-state index in [9.17, 15) is 18.8 Å². The fraction of sp³-hybridized carbons (Fsp3) is 0.150. The van der Waals surface area contributed by atoms with E-state index in [0.29, 0.717) is 5.56 Å². The second-order valence-corrected chi connectivity index (χ2v) is 7.71. The Labute approximate surface area is 170 Å². The molecule has 0 saturated carbocycles. The van der Waals surface area contributed by atoms with Crippen molar-refractivity contribution in [1.82, 2.24) is 10.2 Å². The van der Waals surface area contributed by atoms with Crippen LogP contribution in [0.15, 0.2) is 58.3 Å². The van der Waals surface area contributed by atoms with Crippen LogP contribution in [0.3, 0.4) is 0 Å². The van der Waals surface area contributed by atoms with E-state index >= 15 is 0 Å². The Balaban J connectivity index is 1.58. The first-order valence-electron chi connectivity index (χ1n) is 8.42. The van der Waals surface area contributed by atoms with Crippen LogP contribution in [0.25, 0.3) is 6.08 Å². The van der Waals surface area contributed by atoms with Crippen LogP contribution in [0.5, 0.6) is 0 Å². The second kappa shape index (κ2) is 9.07. The van der Waals surface area contributed by atoms with Crippen LogP contribution in [-0.2, 0) is 4.79 Å². The summed E-state index contributed by atoms with van der Waals surface area (Å²) in [5.41, 5.74) is 0.751. The molecule has 144 valence electrons. The molecule has 0 aliphatic carbocycles. The maximum Gasteiger partial charge on any atom is 0.293 e. The van der Waals surface area contributed by atoms with Gasteiger partial charge in [0.25, 0.3) is 17.1 Å². The Morgan fingerprint density at radius 2 is 1.89 bits per heavy atom. The van der Waals surface area contributed by atoms with Gasteiger partial charge in [0.05, 0.1) is 4.91 Å². The summed E-state index contributed by atoms with van der Waals surface area (Å²) in [6.45, 7) is 0.183. The molecule has 3 rings (SSSR count). The summed E-state index contributed by atoms with van der Waals surface area (Å²) in [6.07, 6.45) is 3.32. The number of carbonyl (C=O) groups is 3. The number of rotatable bonds is 6. The van der Waals surface area contributed by atoms with Crippen molar-refractivity contribution in [3.8, 4) is 0 Å². The highest BCUT2D eigenvalue weighted by Crippen LogP contribution is 2.32. The summed E-state index contributed by atoms with van der Waals surface area (Å²) < 4.78 is 13.8. The van der Waals surface area contributed by atoms with E-state index < -0.39 is 17.0 Å². The molecule has 1 aliphatic heterocycles. The van der Waals surface area contributed by atoms with Gasteiger partial charge in [-0.05, 0) is 54.4 Å². The van der Waals surface area contributed by atoms with Gasteiger partial charge in [-0.25, -0.2) is 4.39 Å². The number of carbonyl (C=O) groups excluding carboxylic acids is 3. The first kappa shape index (κ1) is 20.2. The number of halogens is 1. The van der Waals surface area contributed by atoms with Gasteiger partial charge in [-0.1, -0.05) is 18.2 Å². The maximum absolute atomic E-state index is 13.8. The topological polar surface area (TPSA) is 66.5 Å². The highest BCUT2D eigenvalue weighted by atomic mass is 32.2. The predicted molar refractivity (Wildman–Crippen MR) is 110 cm³/mol. The molecule has 0 atom stereocenters. The lowest BCUT2D eigenvalue weighted by molar-refractivity contribution is -0.122. The number of hydrogen-bond acceptors (Lipinski definition) is 5. The lowest BCUT2D eigenvalue weighted by Crippen LogP contribution is -2.37. The largest absolute Gasteiger partial charge is 0.350 e. The minimum atomic E-state index is -0.489. The number of nitrogens with one attached hydrogen (secondary N) is 1. The first-order chi connectivity index (χ1) is 13.5. The molecule has 5 nitrogen and oxygen atoms in total. The Bertz CT molecular complexity index is 945. The molecule has 2 aromatic rings. The minimum absolute atomic E-state index is 0.0495. The number of thioether (sulfide) groups is 2. The Morgan fingerprint density at radius 3 is 2.57 bits per heavy atom. The fourth-order valence-corrected chi connectivity index (χ4v) is 3.82. The molecule has 1 heterocycles. The van der Waals surface area contributed by atoms with Crippen molar-refractivity contribution in [2.45, 2.75) is 4.90 Å². The highest BCUT2D eigenvalue weighted by molar-refractivity contribution is 8.18. The van der Waals surface area contributed by atoms with Gasteiger partial charge < -0.3 is 5.32 Å². The molecule has 3 amide bonds. The van der Waals surface area contributed by atoms with Crippen molar-refractivity contribution in [3.05, 3.63) is 70.4 Å². The molecule has 1 fully saturated rings. The van der Waals surface area contributed by atoms with Gasteiger partial charge in [0, 0.05) is 29.1 Å². The van der Waals surface area contributed by atoms with Crippen LogP contribution in [0.1, 0.15) is 15.9 Å². The van der Waals surface area contributed by atoms with E-state index in [1.165, 1.54) is 18.2 Å². The minimum Gasteiger partial charge on any atom is -0.350 e. The molecule has 0 spiro atoms. The lowest BCUT2D eigenvalue weighted by atomic mass is 10.2. The lowest BCUT2D eigenvalue weighted by Gasteiger charge is -2.13. The molecular weight excluding hydrogens is 399 g/mol. The van der Waals surface area contributed by atoms with E-state index in [-0.39, 0.29) is 29.5 Å². The average molecular weight is 416 g/mol. The molecule has 1 N–H and O–H groups in total. The zero-order chi connectivity index (χ0) is 20.1. The molecule has 1 aliphatic rings. The van der Waals surface area contributed by atoms with Crippen molar-refractivity contribution < 1.29 is 18.8 Å². The van der Waals surface area contributed by atoms with Crippen molar-refractivity contribution in [3.63, 3.8) is 0 Å². The maximum atomic E-state index is 13.8. The van der Waals surface area contributed by atoms with E-state index in [2.05, 4.69) is 5.32 Å². The SMILES string of the molecule is CSc1ccc(C(=O)NCCN2C(=O)S/C(=C\c3ccccc3F)C2=O)cc1. The summed E-state index contributed by atoms with van der Waals surface area (Å²) >= 11 is 2.34. The zero-order valence-corrected chi connectivity index (χ0v) is 16.6. The smallest absolute Gasteiger partial charge is 0.293 e. The van der Waals surface area contributed by atoms with E-state index in [4.69, 9.17) is 0 Å². The van der Waals surface area contributed by atoms with E-state index in [0.717, 1.165) is 21.6 Å². The Hall–Kier alpha value is -2.58. The number of hydrogen-bond donors (Lipinski definition) is 1.